The van der Waals surface area contributed by atoms with E-state index in [4.69, 9.17) is 0 Å². The Morgan fingerprint density at radius 1 is 1.18 bits per heavy atom. The van der Waals surface area contributed by atoms with Crippen LogP contribution in [-0.4, -0.2) is 39.7 Å². The van der Waals surface area contributed by atoms with Crippen molar-refractivity contribution < 1.29 is 9.90 Å². The van der Waals surface area contributed by atoms with E-state index in [0.29, 0.717) is 12.0 Å². The lowest BCUT2D eigenvalue weighted by atomic mass is 9.69. The topological polar surface area (TPSA) is 40.5 Å². The summed E-state index contributed by atoms with van der Waals surface area (Å²) >= 11 is 2.02. The molecule has 0 bridgehead atoms. The Morgan fingerprint density at radius 3 is 2.32 bits per heavy atom. The van der Waals surface area contributed by atoms with Crippen LogP contribution in [0.3, 0.4) is 0 Å². The zero-order valence-corrected chi connectivity index (χ0v) is 16.2. The first-order valence-corrected chi connectivity index (χ1v) is 9.73. The summed E-state index contributed by atoms with van der Waals surface area (Å²) in [7, 11) is 0. The van der Waals surface area contributed by atoms with Gasteiger partial charge in [0.25, 0.3) is 0 Å². The van der Waals surface area contributed by atoms with E-state index in [1.807, 2.05) is 11.8 Å². The molecule has 1 fully saturated rings. The monoisotopic (exact) mass is 329 g/mol. The molecule has 1 saturated heterocycles. The van der Waals surface area contributed by atoms with E-state index in [1.165, 1.54) is 12.2 Å². The SMILES string of the molecule is CC(C)(C)CCSCCC[C@]1(C(C)(C)C)CCCN1C(=O)O. The smallest absolute Gasteiger partial charge is 0.407 e. The van der Waals surface area contributed by atoms with Gasteiger partial charge in [-0.05, 0) is 54.4 Å². The summed E-state index contributed by atoms with van der Waals surface area (Å²) in [6.45, 7) is 14.1. The van der Waals surface area contributed by atoms with Crippen molar-refractivity contribution in [3.63, 3.8) is 0 Å². The Hall–Kier alpha value is -0.380. The van der Waals surface area contributed by atoms with E-state index < -0.39 is 6.09 Å². The number of hydrogen-bond donors (Lipinski definition) is 1. The number of carbonyl (C=O) groups is 1. The molecular weight excluding hydrogens is 294 g/mol. The van der Waals surface area contributed by atoms with Gasteiger partial charge in [-0.1, -0.05) is 41.5 Å². The van der Waals surface area contributed by atoms with E-state index in [2.05, 4.69) is 41.5 Å². The van der Waals surface area contributed by atoms with Crippen molar-refractivity contribution in [3.05, 3.63) is 0 Å². The van der Waals surface area contributed by atoms with Gasteiger partial charge in [0.05, 0.1) is 5.54 Å². The lowest BCUT2D eigenvalue weighted by Crippen LogP contribution is -2.55. The molecule has 1 atom stereocenters. The van der Waals surface area contributed by atoms with Crippen molar-refractivity contribution in [3.8, 4) is 0 Å². The standard InChI is InChI=1S/C18H35NO2S/c1-16(2,3)11-14-22-13-8-10-18(17(4,5)6)9-7-12-19(18)15(20)21/h7-14H2,1-6H3,(H,20,21)/t18-/m0/s1. The maximum atomic E-state index is 11.6. The van der Waals surface area contributed by atoms with Crippen molar-refractivity contribution >= 4 is 17.9 Å². The molecule has 0 radical (unpaired) electrons. The first-order valence-electron chi connectivity index (χ1n) is 8.58. The Morgan fingerprint density at radius 2 is 1.82 bits per heavy atom. The van der Waals surface area contributed by atoms with Crippen LogP contribution in [0, 0.1) is 10.8 Å². The third-order valence-electron chi connectivity index (χ3n) is 4.99. The van der Waals surface area contributed by atoms with E-state index in [-0.39, 0.29) is 11.0 Å². The zero-order valence-electron chi connectivity index (χ0n) is 15.4. The van der Waals surface area contributed by atoms with Crippen molar-refractivity contribution in [2.24, 2.45) is 10.8 Å². The molecule has 4 heteroatoms. The Kier molecular flexibility index (Phi) is 6.67. The summed E-state index contributed by atoms with van der Waals surface area (Å²) in [6.07, 6.45) is 4.61. The number of rotatable bonds is 6. The molecule has 0 aliphatic carbocycles. The van der Waals surface area contributed by atoms with E-state index >= 15 is 0 Å². The summed E-state index contributed by atoms with van der Waals surface area (Å²) in [4.78, 5) is 13.4. The van der Waals surface area contributed by atoms with Gasteiger partial charge in [-0.15, -0.1) is 0 Å². The van der Waals surface area contributed by atoms with Gasteiger partial charge in [0.15, 0.2) is 0 Å². The van der Waals surface area contributed by atoms with Gasteiger partial charge in [-0.25, -0.2) is 4.79 Å². The molecule has 22 heavy (non-hydrogen) atoms. The first-order chi connectivity index (χ1) is 10.00. The maximum Gasteiger partial charge on any atom is 0.407 e. The predicted octanol–water partition coefficient (Wildman–Crippen LogP) is 5.49. The molecule has 1 aliphatic rings. The van der Waals surface area contributed by atoms with Gasteiger partial charge in [-0.2, -0.15) is 11.8 Å². The van der Waals surface area contributed by atoms with Crippen LogP contribution in [0.25, 0.3) is 0 Å². The Bertz CT molecular complexity index is 370. The van der Waals surface area contributed by atoms with Gasteiger partial charge in [-0.3, -0.25) is 0 Å². The number of nitrogens with zero attached hydrogens (tertiary/aromatic N) is 1. The number of thioether (sulfide) groups is 1. The summed E-state index contributed by atoms with van der Waals surface area (Å²) in [5.41, 5.74) is 0.229. The summed E-state index contributed by atoms with van der Waals surface area (Å²) in [6, 6.07) is 0. The summed E-state index contributed by atoms with van der Waals surface area (Å²) in [5.74, 6) is 2.34. The van der Waals surface area contributed by atoms with Gasteiger partial charge < -0.3 is 10.0 Å². The second-order valence-corrected chi connectivity index (χ2v) is 10.1. The van der Waals surface area contributed by atoms with E-state index in [9.17, 15) is 9.90 Å². The van der Waals surface area contributed by atoms with Gasteiger partial charge >= 0.3 is 6.09 Å². The largest absolute Gasteiger partial charge is 0.465 e. The summed E-state index contributed by atoms with van der Waals surface area (Å²) in [5, 5.41) is 9.56. The maximum absolute atomic E-state index is 11.6. The number of hydrogen-bond acceptors (Lipinski definition) is 2. The molecule has 0 aromatic heterocycles. The molecule has 1 N–H and O–H groups in total. The average Bonchev–Trinajstić information content (AvgIpc) is 2.77. The molecule has 0 saturated carbocycles. The highest BCUT2D eigenvalue weighted by Crippen LogP contribution is 2.47. The molecule has 1 aliphatic heterocycles. The quantitative estimate of drug-likeness (QED) is 0.655. The van der Waals surface area contributed by atoms with Crippen LogP contribution in [0.2, 0.25) is 0 Å². The van der Waals surface area contributed by atoms with Gasteiger partial charge in [0, 0.05) is 6.54 Å². The predicted molar refractivity (Wildman–Crippen MR) is 96.8 cm³/mol. The molecule has 1 heterocycles. The lowest BCUT2D eigenvalue weighted by molar-refractivity contribution is 0.0239. The molecule has 1 amide bonds. The molecule has 0 aromatic carbocycles. The third kappa shape index (κ3) is 5.07. The first kappa shape index (κ1) is 19.7. The molecule has 0 spiro atoms. The lowest BCUT2D eigenvalue weighted by Gasteiger charge is -2.47. The fourth-order valence-corrected chi connectivity index (χ4v) is 4.83. The molecule has 1 rings (SSSR count). The molecule has 3 nitrogen and oxygen atoms in total. The van der Waals surface area contributed by atoms with Crippen LogP contribution in [0.5, 0.6) is 0 Å². The van der Waals surface area contributed by atoms with Crippen LogP contribution in [0.1, 0.15) is 73.6 Å². The van der Waals surface area contributed by atoms with Crippen LogP contribution >= 0.6 is 11.8 Å². The molecular formula is C18H35NO2S. The number of carboxylic acid groups (broad SMARTS) is 1. The second kappa shape index (κ2) is 7.46. The summed E-state index contributed by atoms with van der Waals surface area (Å²) < 4.78 is 0. The zero-order chi connectivity index (χ0) is 17.0. The van der Waals surface area contributed by atoms with Crippen molar-refractivity contribution in [1.29, 1.82) is 0 Å². The van der Waals surface area contributed by atoms with Crippen molar-refractivity contribution in [2.45, 2.75) is 79.2 Å². The average molecular weight is 330 g/mol. The van der Waals surface area contributed by atoms with Gasteiger partial charge in [0.1, 0.15) is 0 Å². The number of likely N-dealkylation sites (tertiary alicyclic amines) is 1. The second-order valence-electron chi connectivity index (χ2n) is 8.85. The Balaban J connectivity index is 2.53. The number of amides is 1. The van der Waals surface area contributed by atoms with E-state index in [1.54, 1.807) is 4.90 Å². The van der Waals surface area contributed by atoms with Crippen LogP contribution < -0.4 is 0 Å². The normalized spacial score (nSPS) is 23.1. The minimum atomic E-state index is -0.743. The van der Waals surface area contributed by atoms with Crippen molar-refractivity contribution in [1.82, 2.24) is 4.90 Å². The minimum absolute atomic E-state index is 0.00202. The third-order valence-corrected chi connectivity index (χ3v) is 6.06. The van der Waals surface area contributed by atoms with Crippen LogP contribution in [-0.2, 0) is 0 Å². The van der Waals surface area contributed by atoms with Gasteiger partial charge in [0.2, 0.25) is 0 Å². The molecule has 0 unspecified atom stereocenters. The van der Waals surface area contributed by atoms with Crippen LogP contribution in [0.15, 0.2) is 0 Å². The Labute approximate surface area is 141 Å². The fourth-order valence-electron chi connectivity index (χ4n) is 3.52. The molecule has 0 aromatic rings. The highest BCUT2D eigenvalue weighted by atomic mass is 32.2. The minimum Gasteiger partial charge on any atom is -0.465 e. The fraction of sp³-hybridized carbons (Fsp3) is 0.944. The molecule has 130 valence electrons. The van der Waals surface area contributed by atoms with Crippen molar-refractivity contribution in [2.75, 3.05) is 18.1 Å². The highest BCUT2D eigenvalue weighted by molar-refractivity contribution is 7.99. The van der Waals surface area contributed by atoms with Crippen LogP contribution in [0.4, 0.5) is 4.79 Å². The van der Waals surface area contributed by atoms with E-state index in [0.717, 1.165) is 31.4 Å². The highest BCUT2D eigenvalue weighted by Gasteiger charge is 2.50.